The number of carboxylic acids is 1. The maximum absolute atomic E-state index is 12.6. The van der Waals surface area contributed by atoms with Gasteiger partial charge in [0.2, 0.25) is 5.91 Å². The van der Waals surface area contributed by atoms with Crippen molar-refractivity contribution in [1.82, 2.24) is 4.90 Å². The fourth-order valence-electron chi connectivity index (χ4n) is 2.79. The number of halogens is 3. The largest absolute Gasteiger partial charge is 0.481 e. The van der Waals surface area contributed by atoms with E-state index in [9.17, 15) is 22.8 Å². The van der Waals surface area contributed by atoms with Crippen molar-refractivity contribution in [2.45, 2.75) is 51.6 Å². The number of hydrogen-bond donors (Lipinski definition) is 1. The minimum absolute atomic E-state index is 0.0255. The first kappa shape index (κ1) is 17.8. The van der Waals surface area contributed by atoms with Crippen LogP contribution in [-0.2, 0) is 9.59 Å². The monoisotopic (exact) mass is 309 g/mol. The summed E-state index contributed by atoms with van der Waals surface area (Å²) in [6, 6.07) is 0. The van der Waals surface area contributed by atoms with Gasteiger partial charge in [0.05, 0.1) is 11.8 Å². The van der Waals surface area contributed by atoms with Gasteiger partial charge in [0.25, 0.3) is 0 Å². The Balaban J connectivity index is 2.83. The molecule has 7 heteroatoms. The summed E-state index contributed by atoms with van der Waals surface area (Å²) in [7, 11) is 0. The first-order valence-corrected chi connectivity index (χ1v) is 7.34. The van der Waals surface area contributed by atoms with E-state index in [4.69, 9.17) is 5.11 Å². The first-order chi connectivity index (χ1) is 9.76. The van der Waals surface area contributed by atoms with Crippen LogP contribution in [0, 0.1) is 11.8 Å². The van der Waals surface area contributed by atoms with E-state index in [0.717, 1.165) is 4.90 Å². The Morgan fingerprint density at radius 1 is 1.19 bits per heavy atom. The van der Waals surface area contributed by atoms with Gasteiger partial charge >= 0.3 is 12.1 Å². The lowest BCUT2D eigenvalue weighted by molar-refractivity contribution is -0.168. The number of rotatable bonds is 6. The first-order valence-electron chi connectivity index (χ1n) is 7.34. The summed E-state index contributed by atoms with van der Waals surface area (Å²) in [4.78, 5) is 24.3. The number of alkyl halides is 3. The number of aliphatic carboxylic acids is 1. The summed E-state index contributed by atoms with van der Waals surface area (Å²) in [5.74, 6) is -3.43. The van der Waals surface area contributed by atoms with E-state index in [2.05, 4.69) is 0 Å². The number of nitrogens with zero attached hydrogens (tertiary/aromatic N) is 1. The van der Waals surface area contributed by atoms with Crippen molar-refractivity contribution >= 4 is 11.9 Å². The van der Waals surface area contributed by atoms with Crippen molar-refractivity contribution in [3.05, 3.63) is 0 Å². The Labute approximate surface area is 122 Å². The van der Waals surface area contributed by atoms with Crippen molar-refractivity contribution in [3.63, 3.8) is 0 Å². The molecule has 1 amide bonds. The van der Waals surface area contributed by atoms with Crippen LogP contribution in [0.2, 0.25) is 0 Å². The molecule has 21 heavy (non-hydrogen) atoms. The second kappa shape index (κ2) is 7.66. The highest BCUT2D eigenvalue weighted by Gasteiger charge is 2.40. The molecule has 1 aliphatic rings. The van der Waals surface area contributed by atoms with Gasteiger partial charge in [0.15, 0.2) is 0 Å². The molecule has 1 saturated carbocycles. The van der Waals surface area contributed by atoms with Crippen LogP contribution < -0.4 is 0 Å². The van der Waals surface area contributed by atoms with E-state index < -0.39 is 36.4 Å². The minimum atomic E-state index is -4.46. The lowest BCUT2D eigenvalue weighted by atomic mass is 9.78. The molecule has 0 heterocycles. The van der Waals surface area contributed by atoms with Gasteiger partial charge in [0, 0.05) is 6.54 Å². The topological polar surface area (TPSA) is 57.6 Å². The summed E-state index contributed by atoms with van der Waals surface area (Å²) >= 11 is 0. The molecule has 0 radical (unpaired) electrons. The molecular formula is C14H22F3NO3. The van der Waals surface area contributed by atoms with Gasteiger partial charge in [0.1, 0.15) is 6.54 Å². The van der Waals surface area contributed by atoms with E-state index in [1.807, 2.05) is 6.92 Å². The van der Waals surface area contributed by atoms with Crippen molar-refractivity contribution in [2.75, 3.05) is 13.1 Å². The summed E-state index contributed by atoms with van der Waals surface area (Å²) in [6.45, 7) is 0.559. The van der Waals surface area contributed by atoms with Crippen molar-refractivity contribution < 1.29 is 27.9 Å². The molecule has 4 nitrogen and oxygen atoms in total. The zero-order valence-corrected chi connectivity index (χ0v) is 12.2. The van der Waals surface area contributed by atoms with Crippen molar-refractivity contribution in [2.24, 2.45) is 11.8 Å². The molecule has 2 unspecified atom stereocenters. The standard InChI is InChI=1S/C14H22F3NO3/c1-2-3-8-18(9-14(15,16)17)12(19)10-6-4-5-7-11(10)13(20)21/h10-11H,2-9H2,1H3,(H,20,21). The van der Waals surface area contributed by atoms with Crippen LogP contribution in [0.5, 0.6) is 0 Å². The highest BCUT2D eigenvalue weighted by Crippen LogP contribution is 2.32. The predicted molar refractivity (Wildman–Crippen MR) is 70.6 cm³/mol. The molecule has 0 bridgehead atoms. The van der Waals surface area contributed by atoms with Crippen molar-refractivity contribution in [3.8, 4) is 0 Å². The zero-order chi connectivity index (χ0) is 16.0. The predicted octanol–water partition coefficient (Wildman–Crippen LogP) is 3.07. The average molecular weight is 309 g/mol. The number of hydrogen-bond acceptors (Lipinski definition) is 2. The van der Waals surface area contributed by atoms with Crippen LogP contribution in [0.3, 0.4) is 0 Å². The van der Waals surface area contributed by atoms with Crippen LogP contribution >= 0.6 is 0 Å². The Morgan fingerprint density at radius 2 is 1.76 bits per heavy atom. The molecule has 0 spiro atoms. The Morgan fingerprint density at radius 3 is 2.24 bits per heavy atom. The molecule has 2 atom stereocenters. The average Bonchev–Trinajstić information content (AvgIpc) is 2.41. The van der Waals surface area contributed by atoms with Gasteiger partial charge < -0.3 is 10.0 Å². The van der Waals surface area contributed by atoms with Crippen LogP contribution in [-0.4, -0.2) is 41.1 Å². The SMILES string of the molecule is CCCCN(CC(F)(F)F)C(=O)C1CCCCC1C(=O)O. The van der Waals surface area contributed by atoms with E-state index in [-0.39, 0.29) is 6.54 Å². The molecule has 0 aromatic carbocycles. The summed E-state index contributed by atoms with van der Waals surface area (Å²) in [5.41, 5.74) is 0. The van der Waals surface area contributed by atoms with Gasteiger partial charge in [-0.1, -0.05) is 26.2 Å². The van der Waals surface area contributed by atoms with Gasteiger partial charge in [-0.3, -0.25) is 9.59 Å². The lowest BCUT2D eigenvalue weighted by Crippen LogP contribution is -2.46. The molecule has 1 aliphatic carbocycles. The maximum Gasteiger partial charge on any atom is 0.406 e. The Hall–Kier alpha value is -1.27. The number of carbonyl (C=O) groups is 2. The molecular weight excluding hydrogens is 287 g/mol. The van der Waals surface area contributed by atoms with Crippen LogP contribution in [0.25, 0.3) is 0 Å². The molecule has 1 rings (SSSR count). The van der Waals surface area contributed by atoms with Gasteiger partial charge in [-0.05, 0) is 19.3 Å². The van der Waals surface area contributed by atoms with Gasteiger partial charge in [-0.25, -0.2) is 0 Å². The Bertz CT molecular complexity index is 371. The third-order valence-electron chi connectivity index (χ3n) is 3.86. The lowest BCUT2D eigenvalue weighted by Gasteiger charge is -2.33. The molecule has 0 saturated heterocycles. The smallest absolute Gasteiger partial charge is 0.406 e. The van der Waals surface area contributed by atoms with Crippen molar-refractivity contribution in [1.29, 1.82) is 0 Å². The minimum Gasteiger partial charge on any atom is -0.481 e. The second-order valence-electron chi connectivity index (χ2n) is 5.56. The fourth-order valence-corrected chi connectivity index (χ4v) is 2.79. The number of unbranched alkanes of at least 4 members (excludes halogenated alkanes) is 1. The third kappa shape index (κ3) is 5.55. The quantitative estimate of drug-likeness (QED) is 0.820. The summed E-state index contributed by atoms with van der Waals surface area (Å²) < 4.78 is 37.8. The fraction of sp³-hybridized carbons (Fsp3) is 0.857. The van der Waals surface area contributed by atoms with E-state index in [0.29, 0.717) is 38.5 Å². The normalized spacial score (nSPS) is 22.9. The van der Waals surface area contributed by atoms with E-state index in [1.54, 1.807) is 0 Å². The number of carboxylic acid groups (broad SMARTS) is 1. The summed E-state index contributed by atoms with van der Waals surface area (Å²) in [5, 5.41) is 9.16. The zero-order valence-electron chi connectivity index (χ0n) is 12.2. The number of carbonyl (C=O) groups excluding carboxylic acids is 1. The van der Waals surface area contributed by atoms with Gasteiger partial charge in [-0.2, -0.15) is 13.2 Å². The molecule has 0 aromatic rings. The van der Waals surface area contributed by atoms with E-state index >= 15 is 0 Å². The molecule has 1 N–H and O–H groups in total. The highest BCUT2D eigenvalue weighted by atomic mass is 19.4. The molecule has 0 aliphatic heterocycles. The third-order valence-corrected chi connectivity index (χ3v) is 3.86. The molecule has 0 aromatic heterocycles. The van der Waals surface area contributed by atoms with Gasteiger partial charge in [-0.15, -0.1) is 0 Å². The highest BCUT2D eigenvalue weighted by molar-refractivity contribution is 5.85. The van der Waals surface area contributed by atoms with Crippen LogP contribution in [0.1, 0.15) is 45.4 Å². The number of amides is 1. The van der Waals surface area contributed by atoms with Crippen LogP contribution in [0.4, 0.5) is 13.2 Å². The summed E-state index contributed by atoms with van der Waals surface area (Å²) in [6.07, 6.45) is -1.20. The maximum atomic E-state index is 12.6. The van der Waals surface area contributed by atoms with E-state index in [1.165, 1.54) is 0 Å². The Kier molecular flexibility index (Phi) is 6.48. The second-order valence-corrected chi connectivity index (χ2v) is 5.56. The molecule has 122 valence electrons. The molecule has 1 fully saturated rings. The van der Waals surface area contributed by atoms with Crippen LogP contribution in [0.15, 0.2) is 0 Å².